The Morgan fingerprint density at radius 2 is 2.26 bits per heavy atom. The smallest absolute Gasteiger partial charge is 0.242 e. The number of carbonyl (C=O) groups is 1. The number of nitrogens with one attached hydrogen (secondary N) is 2. The highest BCUT2D eigenvalue weighted by molar-refractivity contribution is 9.10. The van der Waals surface area contributed by atoms with Gasteiger partial charge in [0.2, 0.25) is 15.9 Å². The summed E-state index contributed by atoms with van der Waals surface area (Å²) in [6.45, 7) is 0. The normalized spacial score (nSPS) is 19.4. The molecule has 1 atom stereocenters. The zero-order valence-corrected chi connectivity index (χ0v) is 12.9. The lowest BCUT2D eigenvalue weighted by atomic mass is 10.2. The third-order valence-electron chi connectivity index (χ3n) is 2.56. The summed E-state index contributed by atoms with van der Waals surface area (Å²) in [5.74, 6) is 1.33. The Bertz CT molecular complexity index is 600. The second-order valence-corrected chi connectivity index (χ2v) is 7.39. The molecular weight excluding hydrogens is 354 g/mol. The highest BCUT2D eigenvalue weighted by Crippen LogP contribution is 2.25. The van der Waals surface area contributed by atoms with E-state index in [9.17, 15) is 13.2 Å². The van der Waals surface area contributed by atoms with Crippen molar-refractivity contribution >= 4 is 49.3 Å². The molecule has 0 aromatic heterocycles. The molecule has 1 aliphatic heterocycles. The summed E-state index contributed by atoms with van der Waals surface area (Å²) in [6.07, 6.45) is 0. The number of benzene rings is 1. The molecule has 0 spiro atoms. The molecule has 1 fully saturated rings. The minimum absolute atomic E-state index is 0.00748. The van der Waals surface area contributed by atoms with Gasteiger partial charge in [0.05, 0.1) is 16.6 Å². The summed E-state index contributed by atoms with van der Waals surface area (Å²) < 4.78 is 22.8. The van der Waals surface area contributed by atoms with Crippen molar-refractivity contribution in [2.45, 2.75) is 10.9 Å². The van der Waals surface area contributed by atoms with E-state index in [0.717, 1.165) is 11.6 Å². The van der Waals surface area contributed by atoms with Crippen LogP contribution in [0.2, 0.25) is 0 Å². The third-order valence-corrected chi connectivity index (χ3v) is 5.07. The van der Waals surface area contributed by atoms with E-state index in [1.54, 1.807) is 11.8 Å². The van der Waals surface area contributed by atoms with Crippen molar-refractivity contribution in [3.63, 3.8) is 0 Å². The van der Waals surface area contributed by atoms with E-state index < -0.39 is 10.0 Å². The SMILES string of the molecule is NS(=O)(=O)c1ccc(NC(=O)C2CSCN2)c(Br)c1. The van der Waals surface area contributed by atoms with Crippen molar-refractivity contribution in [2.75, 3.05) is 16.9 Å². The fourth-order valence-corrected chi connectivity index (χ4v) is 3.67. The Morgan fingerprint density at radius 3 is 2.79 bits per heavy atom. The molecule has 0 saturated carbocycles. The molecular formula is C10H12BrN3O3S2. The van der Waals surface area contributed by atoms with Crippen LogP contribution in [0.25, 0.3) is 0 Å². The van der Waals surface area contributed by atoms with Gasteiger partial charge in [0.1, 0.15) is 0 Å². The topological polar surface area (TPSA) is 101 Å². The van der Waals surface area contributed by atoms with Crippen LogP contribution in [-0.2, 0) is 14.8 Å². The van der Waals surface area contributed by atoms with E-state index in [-0.39, 0.29) is 16.8 Å². The van der Waals surface area contributed by atoms with E-state index in [2.05, 4.69) is 26.6 Å². The van der Waals surface area contributed by atoms with Crippen molar-refractivity contribution in [1.29, 1.82) is 0 Å². The maximum Gasteiger partial charge on any atom is 0.242 e. The zero-order chi connectivity index (χ0) is 14.0. The Kier molecular flexibility index (Phi) is 4.51. The van der Waals surface area contributed by atoms with Crippen LogP contribution in [0, 0.1) is 0 Å². The summed E-state index contributed by atoms with van der Waals surface area (Å²) in [6, 6.07) is 3.99. The summed E-state index contributed by atoms with van der Waals surface area (Å²) in [5.41, 5.74) is 0.510. The van der Waals surface area contributed by atoms with Gasteiger partial charge >= 0.3 is 0 Å². The largest absolute Gasteiger partial charge is 0.324 e. The third kappa shape index (κ3) is 3.69. The van der Waals surface area contributed by atoms with Crippen molar-refractivity contribution < 1.29 is 13.2 Å². The van der Waals surface area contributed by atoms with E-state index in [4.69, 9.17) is 5.14 Å². The fraction of sp³-hybridized carbons (Fsp3) is 0.300. The first-order chi connectivity index (χ1) is 8.88. The quantitative estimate of drug-likeness (QED) is 0.731. The maximum absolute atomic E-state index is 11.9. The van der Waals surface area contributed by atoms with Gasteiger partial charge in [0.15, 0.2) is 0 Å². The highest BCUT2D eigenvalue weighted by atomic mass is 79.9. The molecule has 1 heterocycles. The number of hydrogen-bond acceptors (Lipinski definition) is 5. The molecule has 1 aromatic carbocycles. The first-order valence-corrected chi connectivity index (χ1v) is 8.81. The summed E-state index contributed by atoms with van der Waals surface area (Å²) >= 11 is 4.87. The molecule has 0 aliphatic carbocycles. The van der Waals surface area contributed by atoms with E-state index >= 15 is 0 Å². The average Bonchev–Trinajstić information content (AvgIpc) is 2.84. The minimum atomic E-state index is -3.74. The second-order valence-electron chi connectivity index (χ2n) is 3.95. The van der Waals surface area contributed by atoms with Gasteiger partial charge < -0.3 is 5.32 Å². The predicted octanol–water partition coefficient (Wildman–Crippen LogP) is 0.698. The van der Waals surface area contributed by atoms with Crippen molar-refractivity contribution in [3.8, 4) is 0 Å². The number of halogens is 1. The average molecular weight is 366 g/mol. The van der Waals surface area contributed by atoms with Crippen molar-refractivity contribution in [2.24, 2.45) is 5.14 Å². The van der Waals surface area contributed by atoms with Crippen LogP contribution in [-0.4, -0.2) is 32.0 Å². The van der Waals surface area contributed by atoms with Gasteiger partial charge in [-0.05, 0) is 34.1 Å². The van der Waals surface area contributed by atoms with Gasteiger partial charge in [0, 0.05) is 16.1 Å². The molecule has 1 saturated heterocycles. The first-order valence-electron chi connectivity index (χ1n) is 5.32. The number of rotatable bonds is 3. The van der Waals surface area contributed by atoms with Crippen LogP contribution in [0.15, 0.2) is 27.6 Å². The Morgan fingerprint density at radius 1 is 1.53 bits per heavy atom. The Balaban J connectivity index is 2.15. The highest BCUT2D eigenvalue weighted by Gasteiger charge is 2.23. The van der Waals surface area contributed by atoms with Gasteiger partial charge in [-0.2, -0.15) is 0 Å². The molecule has 9 heteroatoms. The maximum atomic E-state index is 11.9. The standard InChI is InChI=1S/C10H12BrN3O3S2/c11-7-3-6(19(12,16)17)1-2-8(7)14-10(15)9-4-18-5-13-9/h1-3,9,13H,4-5H2,(H,14,15)(H2,12,16,17). The first kappa shape index (κ1) is 14.8. The van der Waals surface area contributed by atoms with Crippen LogP contribution in [0.4, 0.5) is 5.69 Å². The van der Waals surface area contributed by atoms with Crippen LogP contribution in [0.5, 0.6) is 0 Å². The monoisotopic (exact) mass is 365 g/mol. The lowest BCUT2D eigenvalue weighted by Gasteiger charge is -2.12. The predicted molar refractivity (Wildman–Crippen MR) is 78.4 cm³/mol. The van der Waals surface area contributed by atoms with Crippen LogP contribution in [0.3, 0.4) is 0 Å². The summed E-state index contributed by atoms with van der Waals surface area (Å²) in [7, 11) is -3.74. The lowest BCUT2D eigenvalue weighted by Crippen LogP contribution is -2.37. The summed E-state index contributed by atoms with van der Waals surface area (Å²) in [4.78, 5) is 11.9. The molecule has 1 aliphatic rings. The number of nitrogens with two attached hydrogens (primary N) is 1. The molecule has 6 nitrogen and oxygen atoms in total. The molecule has 1 amide bonds. The van der Waals surface area contributed by atoms with Gasteiger partial charge in [-0.1, -0.05) is 0 Å². The zero-order valence-electron chi connectivity index (χ0n) is 9.72. The molecule has 2 rings (SSSR count). The van der Waals surface area contributed by atoms with Gasteiger partial charge in [-0.25, -0.2) is 13.6 Å². The molecule has 104 valence electrons. The molecule has 0 radical (unpaired) electrons. The number of primary sulfonamides is 1. The van der Waals surface area contributed by atoms with E-state index in [0.29, 0.717) is 10.2 Å². The molecule has 0 bridgehead atoms. The van der Waals surface area contributed by atoms with Crippen LogP contribution in [0.1, 0.15) is 0 Å². The number of carbonyl (C=O) groups excluding carboxylic acids is 1. The van der Waals surface area contributed by atoms with Gasteiger partial charge in [0.25, 0.3) is 0 Å². The van der Waals surface area contributed by atoms with Gasteiger partial charge in [-0.3, -0.25) is 10.1 Å². The van der Waals surface area contributed by atoms with E-state index in [1.165, 1.54) is 18.2 Å². The minimum Gasteiger partial charge on any atom is -0.324 e. The number of anilines is 1. The van der Waals surface area contributed by atoms with Gasteiger partial charge in [-0.15, -0.1) is 11.8 Å². The Hall–Kier alpha value is -0.610. The summed E-state index contributed by atoms with van der Waals surface area (Å²) in [5, 5.41) is 10.8. The molecule has 19 heavy (non-hydrogen) atoms. The van der Waals surface area contributed by atoms with Crippen LogP contribution >= 0.6 is 27.7 Å². The fourth-order valence-electron chi connectivity index (χ4n) is 1.56. The molecule has 1 unspecified atom stereocenters. The molecule has 1 aromatic rings. The lowest BCUT2D eigenvalue weighted by molar-refractivity contribution is -0.117. The number of amides is 1. The number of sulfonamides is 1. The second kappa shape index (κ2) is 5.80. The number of hydrogen-bond donors (Lipinski definition) is 3. The van der Waals surface area contributed by atoms with Crippen LogP contribution < -0.4 is 15.8 Å². The Labute approximate surface area is 123 Å². The van der Waals surface area contributed by atoms with Crippen molar-refractivity contribution in [1.82, 2.24) is 5.32 Å². The molecule has 4 N–H and O–H groups in total. The van der Waals surface area contributed by atoms with E-state index in [1.807, 2.05) is 0 Å². The van der Waals surface area contributed by atoms with Crippen molar-refractivity contribution in [3.05, 3.63) is 22.7 Å². The number of thioether (sulfide) groups is 1.